The summed E-state index contributed by atoms with van der Waals surface area (Å²) in [5, 5.41) is 5.40. The Bertz CT molecular complexity index is 934. The van der Waals surface area contributed by atoms with Crippen molar-refractivity contribution < 1.29 is 9.53 Å². The lowest BCUT2D eigenvalue weighted by atomic mass is 10.1. The van der Waals surface area contributed by atoms with Crippen LogP contribution >= 0.6 is 11.6 Å². The number of aromatic nitrogens is 2. The summed E-state index contributed by atoms with van der Waals surface area (Å²) in [4.78, 5) is 14.9. The van der Waals surface area contributed by atoms with Gasteiger partial charge in [0.05, 0.1) is 25.3 Å². The number of morpholine rings is 1. The molecule has 1 saturated heterocycles. The Balaban J connectivity index is 1.71. The molecule has 1 aromatic heterocycles. The van der Waals surface area contributed by atoms with Crippen LogP contribution in [0.25, 0.3) is 11.3 Å². The van der Waals surface area contributed by atoms with Crippen LogP contribution in [0.3, 0.4) is 0 Å². The van der Waals surface area contributed by atoms with Crippen LogP contribution in [0.4, 0.5) is 0 Å². The molecule has 27 heavy (non-hydrogen) atoms. The third-order valence-electron chi connectivity index (χ3n) is 4.63. The Morgan fingerprint density at radius 3 is 2.48 bits per heavy atom. The highest BCUT2D eigenvalue weighted by molar-refractivity contribution is 6.31. The van der Waals surface area contributed by atoms with Crippen molar-refractivity contribution in [1.29, 1.82) is 0 Å². The zero-order valence-electron chi connectivity index (χ0n) is 14.8. The van der Waals surface area contributed by atoms with E-state index in [4.69, 9.17) is 21.4 Å². The van der Waals surface area contributed by atoms with Gasteiger partial charge in [-0.15, -0.1) is 0 Å². The number of carbonyl (C=O) groups excluding carboxylic acids is 1. The van der Waals surface area contributed by atoms with Crippen molar-refractivity contribution in [2.45, 2.75) is 6.54 Å². The first-order chi connectivity index (χ1) is 13.2. The van der Waals surface area contributed by atoms with Gasteiger partial charge in [-0.25, -0.2) is 0 Å². The van der Waals surface area contributed by atoms with Gasteiger partial charge in [0.15, 0.2) is 0 Å². The normalized spacial score (nSPS) is 14.3. The summed E-state index contributed by atoms with van der Waals surface area (Å²) in [5.74, 6) is -0.0115. The van der Waals surface area contributed by atoms with Crippen molar-refractivity contribution in [3.05, 3.63) is 76.9 Å². The van der Waals surface area contributed by atoms with Crippen molar-refractivity contribution in [3.63, 3.8) is 0 Å². The fourth-order valence-electron chi connectivity index (χ4n) is 3.21. The molecule has 1 amide bonds. The molecule has 0 radical (unpaired) electrons. The van der Waals surface area contributed by atoms with Gasteiger partial charge in [-0.3, -0.25) is 9.48 Å². The summed E-state index contributed by atoms with van der Waals surface area (Å²) in [5.41, 5.74) is 3.19. The highest BCUT2D eigenvalue weighted by atomic mass is 35.5. The van der Waals surface area contributed by atoms with Crippen molar-refractivity contribution in [2.75, 3.05) is 26.3 Å². The number of ether oxygens (including phenoxy) is 1. The molecule has 0 unspecified atom stereocenters. The summed E-state index contributed by atoms with van der Waals surface area (Å²) < 4.78 is 7.16. The second-order valence-corrected chi connectivity index (χ2v) is 6.86. The standard InChI is InChI=1S/C21H20ClN3O2/c22-19-9-5-4-8-17(19)14-25-15-18(21(26)24-10-12-27-13-11-24)20(23-25)16-6-2-1-3-7-16/h1-9,15H,10-14H2. The fourth-order valence-corrected chi connectivity index (χ4v) is 3.40. The van der Waals surface area contributed by atoms with Crippen LogP contribution in [0.5, 0.6) is 0 Å². The highest BCUT2D eigenvalue weighted by Gasteiger charge is 2.24. The maximum atomic E-state index is 13.1. The molecule has 2 heterocycles. The van der Waals surface area contributed by atoms with Gasteiger partial charge in [0.1, 0.15) is 5.69 Å². The molecule has 4 rings (SSSR count). The Morgan fingerprint density at radius 2 is 1.74 bits per heavy atom. The molecule has 138 valence electrons. The first-order valence-corrected chi connectivity index (χ1v) is 9.33. The third-order valence-corrected chi connectivity index (χ3v) is 5.00. The Morgan fingerprint density at radius 1 is 1.04 bits per heavy atom. The van der Waals surface area contributed by atoms with E-state index >= 15 is 0 Å². The minimum absolute atomic E-state index is 0.0115. The zero-order valence-corrected chi connectivity index (χ0v) is 15.6. The van der Waals surface area contributed by atoms with Gasteiger partial charge >= 0.3 is 0 Å². The van der Waals surface area contributed by atoms with E-state index in [1.165, 1.54) is 0 Å². The first kappa shape index (κ1) is 17.8. The lowest BCUT2D eigenvalue weighted by molar-refractivity contribution is 0.0303. The molecule has 1 aliphatic heterocycles. The van der Waals surface area contributed by atoms with Crippen LogP contribution in [0.1, 0.15) is 15.9 Å². The number of carbonyl (C=O) groups is 1. The second-order valence-electron chi connectivity index (χ2n) is 6.45. The number of halogens is 1. The Kier molecular flexibility index (Phi) is 5.23. The SMILES string of the molecule is O=C(c1cn(Cc2ccccc2Cl)nc1-c1ccccc1)N1CCOCC1. The van der Waals surface area contributed by atoms with Crippen LogP contribution in [0, 0.1) is 0 Å². The van der Waals surface area contributed by atoms with Crippen LogP contribution < -0.4 is 0 Å². The van der Waals surface area contributed by atoms with Crippen LogP contribution in [0.15, 0.2) is 60.8 Å². The first-order valence-electron chi connectivity index (χ1n) is 8.95. The number of benzene rings is 2. The number of hydrogen-bond donors (Lipinski definition) is 0. The van der Waals surface area contributed by atoms with E-state index in [1.807, 2.05) is 65.7 Å². The van der Waals surface area contributed by atoms with E-state index in [1.54, 1.807) is 4.68 Å². The topological polar surface area (TPSA) is 47.4 Å². The van der Waals surface area contributed by atoms with E-state index in [9.17, 15) is 4.79 Å². The molecule has 1 fully saturated rings. The number of nitrogens with zero attached hydrogens (tertiary/aromatic N) is 3. The largest absolute Gasteiger partial charge is 0.378 e. The van der Waals surface area contributed by atoms with Crippen molar-refractivity contribution in [3.8, 4) is 11.3 Å². The van der Waals surface area contributed by atoms with Gasteiger partial charge in [-0.05, 0) is 11.6 Å². The molecule has 0 atom stereocenters. The van der Waals surface area contributed by atoms with E-state index in [0.29, 0.717) is 49.1 Å². The molecule has 0 spiro atoms. The molecule has 2 aromatic carbocycles. The predicted molar refractivity (Wildman–Crippen MR) is 105 cm³/mol. The molecule has 0 aliphatic carbocycles. The molecule has 1 aliphatic rings. The molecular formula is C21H20ClN3O2. The number of rotatable bonds is 4. The summed E-state index contributed by atoms with van der Waals surface area (Å²) in [6, 6.07) is 17.5. The quantitative estimate of drug-likeness (QED) is 0.692. The van der Waals surface area contributed by atoms with Crippen LogP contribution in [-0.2, 0) is 11.3 Å². The van der Waals surface area contributed by atoms with E-state index in [-0.39, 0.29) is 5.91 Å². The second kappa shape index (κ2) is 7.94. The monoisotopic (exact) mass is 381 g/mol. The van der Waals surface area contributed by atoms with Gasteiger partial charge in [-0.2, -0.15) is 5.10 Å². The molecule has 0 N–H and O–H groups in total. The van der Waals surface area contributed by atoms with Gasteiger partial charge in [0.25, 0.3) is 5.91 Å². The van der Waals surface area contributed by atoms with E-state index in [0.717, 1.165) is 11.1 Å². The molecule has 6 heteroatoms. The van der Waals surface area contributed by atoms with Crippen LogP contribution in [-0.4, -0.2) is 46.9 Å². The third kappa shape index (κ3) is 3.89. The smallest absolute Gasteiger partial charge is 0.257 e. The predicted octanol–water partition coefficient (Wildman–Crippen LogP) is 3.72. The average molecular weight is 382 g/mol. The summed E-state index contributed by atoms with van der Waals surface area (Å²) >= 11 is 6.29. The molecular weight excluding hydrogens is 362 g/mol. The summed E-state index contributed by atoms with van der Waals surface area (Å²) in [6.45, 7) is 2.85. The maximum Gasteiger partial charge on any atom is 0.257 e. The van der Waals surface area contributed by atoms with Gasteiger partial charge < -0.3 is 9.64 Å². The van der Waals surface area contributed by atoms with Crippen molar-refractivity contribution in [1.82, 2.24) is 14.7 Å². The average Bonchev–Trinajstić information content (AvgIpc) is 3.14. The zero-order chi connectivity index (χ0) is 18.6. The lowest BCUT2D eigenvalue weighted by Crippen LogP contribution is -2.40. The van der Waals surface area contributed by atoms with Crippen molar-refractivity contribution in [2.24, 2.45) is 0 Å². The maximum absolute atomic E-state index is 13.1. The molecule has 3 aromatic rings. The fraction of sp³-hybridized carbons (Fsp3) is 0.238. The van der Waals surface area contributed by atoms with Crippen LogP contribution in [0.2, 0.25) is 5.02 Å². The molecule has 0 saturated carbocycles. The van der Waals surface area contributed by atoms with E-state index < -0.39 is 0 Å². The summed E-state index contributed by atoms with van der Waals surface area (Å²) in [6.07, 6.45) is 1.82. The van der Waals surface area contributed by atoms with Gasteiger partial charge in [0.2, 0.25) is 0 Å². The van der Waals surface area contributed by atoms with Gasteiger partial charge in [-0.1, -0.05) is 60.1 Å². The lowest BCUT2D eigenvalue weighted by Gasteiger charge is -2.26. The van der Waals surface area contributed by atoms with E-state index in [2.05, 4.69) is 0 Å². The minimum atomic E-state index is -0.0115. The Hall–Kier alpha value is -2.63. The van der Waals surface area contributed by atoms with Gasteiger partial charge in [0, 0.05) is 29.9 Å². The Labute approximate surface area is 163 Å². The molecule has 0 bridgehead atoms. The number of hydrogen-bond acceptors (Lipinski definition) is 3. The summed E-state index contributed by atoms with van der Waals surface area (Å²) in [7, 11) is 0. The number of amides is 1. The minimum Gasteiger partial charge on any atom is -0.378 e. The molecule has 5 nitrogen and oxygen atoms in total. The highest BCUT2D eigenvalue weighted by Crippen LogP contribution is 2.25. The van der Waals surface area contributed by atoms with Crippen molar-refractivity contribution >= 4 is 17.5 Å².